The molecule has 0 aliphatic carbocycles. The Labute approximate surface area is 127 Å². The lowest BCUT2D eigenvalue weighted by Crippen LogP contribution is -2.36. The van der Waals surface area contributed by atoms with Gasteiger partial charge in [0.25, 0.3) is 0 Å². The van der Waals surface area contributed by atoms with E-state index in [2.05, 4.69) is 4.72 Å². The molecule has 1 aliphatic heterocycles. The second kappa shape index (κ2) is 6.15. The first kappa shape index (κ1) is 16.0. The largest absolute Gasteiger partial charge is 0.380 e. The summed E-state index contributed by atoms with van der Waals surface area (Å²) in [7, 11) is -3.54. The molecule has 20 heavy (non-hydrogen) atoms. The molecule has 2 unspecified atom stereocenters. The van der Waals surface area contributed by atoms with Crippen molar-refractivity contribution in [2.24, 2.45) is 0 Å². The fourth-order valence-corrected chi connectivity index (χ4v) is 4.07. The Hall–Kier alpha value is -0.400. The van der Waals surface area contributed by atoms with E-state index >= 15 is 0 Å². The van der Waals surface area contributed by atoms with Gasteiger partial charge in [0.2, 0.25) is 10.0 Å². The minimum atomic E-state index is -3.54. The Balaban J connectivity index is 2.19. The summed E-state index contributed by atoms with van der Waals surface area (Å²) in [6.45, 7) is 2.20. The predicted octanol–water partition coefficient (Wildman–Crippen LogP) is 2.90. The van der Waals surface area contributed by atoms with Crippen LogP contribution in [0, 0.1) is 5.82 Å². The average molecular weight is 342 g/mol. The van der Waals surface area contributed by atoms with Crippen molar-refractivity contribution >= 4 is 33.2 Å². The summed E-state index contributed by atoms with van der Waals surface area (Å²) in [6, 6.07) is 1.75. The highest BCUT2D eigenvalue weighted by molar-refractivity contribution is 7.90. The Kier molecular flexibility index (Phi) is 4.92. The number of hydrogen-bond donors (Lipinski definition) is 1. The first-order chi connectivity index (χ1) is 9.31. The van der Waals surface area contributed by atoms with Crippen LogP contribution in [-0.4, -0.2) is 26.9 Å². The maximum atomic E-state index is 13.5. The highest BCUT2D eigenvalue weighted by Gasteiger charge is 2.31. The Morgan fingerprint density at radius 3 is 2.70 bits per heavy atom. The molecule has 1 saturated heterocycles. The van der Waals surface area contributed by atoms with Crippen LogP contribution in [0.2, 0.25) is 10.0 Å². The molecule has 112 valence electrons. The van der Waals surface area contributed by atoms with Crippen LogP contribution in [0.1, 0.15) is 24.9 Å². The van der Waals surface area contributed by atoms with Crippen LogP contribution < -0.4 is 4.72 Å². The number of nitrogens with one attached hydrogen (secondary N) is 1. The van der Waals surface area contributed by atoms with Crippen molar-refractivity contribution in [2.45, 2.75) is 24.6 Å². The topological polar surface area (TPSA) is 55.4 Å². The average Bonchev–Trinajstić information content (AvgIpc) is 2.87. The first-order valence-corrected chi connectivity index (χ1v) is 8.35. The Bertz CT molecular complexity index is 603. The summed E-state index contributed by atoms with van der Waals surface area (Å²) in [5, 5.41) is -0.465. The summed E-state index contributed by atoms with van der Waals surface area (Å²) >= 11 is 11.6. The molecule has 2 rings (SSSR count). The number of hydrogen-bond acceptors (Lipinski definition) is 3. The predicted molar refractivity (Wildman–Crippen MR) is 76.1 cm³/mol. The van der Waals surface area contributed by atoms with Crippen molar-refractivity contribution in [2.75, 3.05) is 13.2 Å². The third-order valence-electron chi connectivity index (χ3n) is 3.17. The quantitative estimate of drug-likeness (QED) is 0.856. The smallest absolute Gasteiger partial charge is 0.217 e. The molecule has 0 amide bonds. The standard InChI is InChI=1S/C12H14Cl2FNO3S/c1-7(9-4-12(15)11(14)5-10(9)13)16-20(17,18)8-2-3-19-6-8/h4-5,7-8,16H,2-3,6H2,1H3. The zero-order valence-electron chi connectivity index (χ0n) is 10.7. The molecule has 0 aromatic heterocycles. The van der Waals surface area contributed by atoms with E-state index in [1.807, 2.05) is 0 Å². The van der Waals surface area contributed by atoms with Gasteiger partial charge >= 0.3 is 0 Å². The van der Waals surface area contributed by atoms with Gasteiger partial charge in [0.1, 0.15) is 11.1 Å². The van der Waals surface area contributed by atoms with E-state index in [0.717, 1.165) is 6.07 Å². The summed E-state index contributed by atoms with van der Waals surface area (Å²) in [4.78, 5) is 0. The van der Waals surface area contributed by atoms with E-state index in [9.17, 15) is 12.8 Å². The fourth-order valence-electron chi connectivity index (χ4n) is 2.03. The molecule has 1 fully saturated rings. The normalized spacial score (nSPS) is 21.1. The molecule has 2 atom stereocenters. The van der Waals surface area contributed by atoms with Crippen LogP contribution in [-0.2, 0) is 14.8 Å². The summed E-state index contributed by atoms with van der Waals surface area (Å²) < 4.78 is 45.3. The second-order valence-electron chi connectivity index (χ2n) is 4.66. The van der Waals surface area contributed by atoms with Gasteiger partial charge < -0.3 is 4.74 Å². The van der Waals surface area contributed by atoms with Gasteiger partial charge in [-0.3, -0.25) is 0 Å². The van der Waals surface area contributed by atoms with Gasteiger partial charge in [-0.2, -0.15) is 0 Å². The molecule has 1 aliphatic rings. The van der Waals surface area contributed by atoms with E-state index in [1.165, 1.54) is 6.07 Å². The van der Waals surface area contributed by atoms with Crippen LogP contribution in [0.25, 0.3) is 0 Å². The van der Waals surface area contributed by atoms with Gasteiger partial charge in [-0.05, 0) is 31.0 Å². The minimum Gasteiger partial charge on any atom is -0.380 e. The molecular formula is C12H14Cl2FNO3S. The summed E-state index contributed by atoms with van der Waals surface area (Å²) in [6.07, 6.45) is 0.449. The van der Waals surface area contributed by atoms with Crippen molar-refractivity contribution < 1.29 is 17.5 Å². The molecule has 1 aromatic carbocycles. The van der Waals surface area contributed by atoms with E-state index in [-0.39, 0.29) is 16.7 Å². The molecular weight excluding hydrogens is 328 g/mol. The number of sulfonamides is 1. The van der Waals surface area contributed by atoms with Gasteiger partial charge in [-0.1, -0.05) is 23.2 Å². The fraction of sp³-hybridized carbons (Fsp3) is 0.500. The van der Waals surface area contributed by atoms with Gasteiger partial charge in [0.05, 0.1) is 11.6 Å². The third kappa shape index (κ3) is 3.43. The van der Waals surface area contributed by atoms with Crippen LogP contribution in [0.4, 0.5) is 4.39 Å². The highest BCUT2D eigenvalue weighted by Crippen LogP contribution is 2.29. The van der Waals surface area contributed by atoms with Crippen molar-refractivity contribution in [3.05, 3.63) is 33.6 Å². The molecule has 8 heteroatoms. The molecule has 1 heterocycles. The van der Waals surface area contributed by atoms with Gasteiger partial charge in [-0.15, -0.1) is 0 Å². The lowest BCUT2D eigenvalue weighted by Gasteiger charge is -2.18. The SMILES string of the molecule is CC(NS(=O)(=O)C1CCOC1)c1cc(F)c(Cl)cc1Cl. The molecule has 0 bridgehead atoms. The van der Waals surface area contributed by atoms with Gasteiger partial charge in [-0.25, -0.2) is 17.5 Å². The van der Waals surface area contributed by atoms with Crippen LogP contribution in [0.3, 0.4) is 0 Å². The molecule has 1 aromatic rings. The van der Waals surface area contributed by atoms with Crippen molar-refractivity contribution in [1.29, 1.82) is 0 Å². The van der Waals surface area contributed by atoms with E-state index in [4.69, 9.17) is 27.9 Å². The second-order valence-corrected chi connectivity index (χ2v) is 7.46. The monoisotopic (exact) mass is 341 g/mol. The number of halogens is 3. The van der Waals surface area contributed by atoms with Crippen molar-refractivity contribution in [3.8, 4) is 0 Å². The molecule has 0 saturated carbocycles. The molecule has 0 spiro atoms. The minimum absolute atomic E-state index is 0.0991. The van der Waals surface area contributed by atoms with E-state index < -0.39 is 27.1 Å². The van der Waals surface area contributed by atoms with E-state index in [1.54, 1.807) is 6.92 Å². The third-order valence-corrected chi connectivity index (χ3v) is 5.72. The first-order valence-electron chi connectivity index (χ1n) is 6.04. The lowest BCUT2D eigenvalue weighted by atomic mass is 10.1. The zero-order chi connectivity index (χ0) is 14.9. The number of benzene rings is 1. The van der Waals surface area contributed by atoms with E-state index in [0.29, 0.717) is 18.6 Å². The molecule has 0 radical (unpaired) electrons. The Morgan fingerprint density at radius 2 is 2.10 bits per heavy atom. The van der Waals surface area contributed by atoms with Crippen molar-refractivity contribution in [1.82, 2.24) is 4.72 Å². The summed E-state index contributed by atoms with van der Waals surface area (Å²) in [5.74, 6) is -0.638. The van der Waals surface area contributed by atoms with Crippen LogP contribution in [0.15, 0.2) is 12.1 Å². The maximum Gasteiger partial charge on any atom is 0.217 e. The van der Waals surface area contributed by atoms with Crippen LogP contribution >= 0.6 is 23.2 Å². The molecule has 1 N–H and O–H groups in total. The zero-order valence-corrected chi connectivity index (χ0v) is 13.0. The van der Waals surface area contributed by atoms with Crippen LogP contribution in [0.5, 0.6) is 0 Å². The number of ether oxygens (including phenoxy) is 1. The lowest BCUT2D eigenvalue weighted by molar-refractivity contribution is 0.198. The van der Waals surface area contributed by atoms with Gasteiger partial charge in [0.15, 0.2) is 0 Å². The summed E-state index contributed by atoms with van der Waals surface area (Å²) in [5.41, 5.74) is 0.344. The number of rotatable bonds is 4. The Morgan fingerprint density at radius 1 is 1.40 bits per heavy atom. The molecule has 4 nitrogen and oxygen atoms in total. The van der Waals surface area contributed by atoms with Crippen molar-refractivity contribution in [3.63, 3.8) is 0 Å². The highest BCUT2D eigenvalue weighted by atomic mass is 35.5. The van der Waals surface area contributed by atoms with Gasteiger partial charge in [0, 0.05) is 17.7 Å². The maximum absolute atomic E-state index is 13.5.